The van der Waals surface area contributed by atoms with Crippen LogP contribution in [0.15, 0.2) is 30.5 Å². The minimum atomic E-state index is -0.567. The molecule has 0 saturated carbocycles. The topological polar surface area (TPSA) is 25.0 Å². The molecule has 0 spiro atoms. The minimum Gasteiger partial charge on any atom is -0.549 e. The first-order valence-corrected chi connectivity index (χ1v) is 7.47. The SMILES string of the molecule is CC(C)C(C)(C)[SiH2]Oc1ccc2[nH]ccc2c1. The van der Waals surface area contributed by atoms with E-state index in [9.17, 15) is 0 Å². The highest BCUT2D eigenvalue weighted by Gasteiger charge is 2.24. The Morgan fingerprint density at radius 2 is 2.00 bits per heavy atom. The van der Waals surface area contributed by atoms with Gasteiger partial charge in [-0.05, 0) is 35.2 Å². The second-order valence-corrected chi connectivity index (χ2v) is 8.06. The lowest BCUT2D eigenvalue weighted by atomic mass is 9.99. The second-order valence-electron chi connectivity index (χ2n) is 5.66. The highest BCUT2D eigenvalue weighted by molar-refractivity contribution is 6.33. The molecule has 0 bridgehead atoms. The summed E-state index contributed by atoms with van der Waals surface area (Å²) in [6.45, 7) is 9.15. The number of nitrogens with one attached hydrogen (secondary N) is 1. The molecule has 0 aliphatic carbocycles. The van der Waals surface area contributed by atoms with Crippen molar-refractivity contribution in [2.45, 2.75) is 32.7 Å². The number of rotatable bonds is 4. The van der Waals surface area contributed by atoms with Gasteiger partial charge in [0.15, 0.2) is 0 Å². The van der Waals surface area contributed by atoms with Gasteiger partial charge in [0.25, 0.3) is 0 Å². The second kappa shape index (κ2) is 4.57. The molecule has 1 aromatic carbocycles. The van der Waals surface area contributed by atoms with Gasteiger partial charge in [-0.3, -0.25) is 0 Å². The van der Waals surface area contributed by atoms with Crippen LogP contribution in [-0.4, -0.2) is 14.7 Å². The maximum absolute atomic E-state index is 6.03. The molecule has 17 heavy (non-hydrogen) atoms. The maximum Gasteiger partial charge on any atom is 0.225 e. The van der Waals surface area contributed by atoms with E-state index < -0.39 is 9.76 Å². The fourth-order valence-corrected chi connectivity index (χ4v) is 2.61. The van der Waals surface area contributed by atoms with Crippen molar-refractivity contribution < 1.29 is 4.43 Å². The van der Waals surface area contributed by atoms with Gasteiger partial charge in [-0.15, -0.1) is 0 Å². The van der Waals surface area contributed by atoms with Crippen LogP contribution >= 0.6 is 0 Å². The quantitative estimate of drug-likeness (QED) is 0.822. The maximum atomic E-state index is 6.03. The Labute approximate surface area is 105 Å². The van der Waals surface area contributed by atoms with Gasteiger partial charge < -0.3 is 9.41 Å². The van der Waals surface area contributed by atoms with Crippen LogP contribution < -0.4 is 4.43 Å². The fourth-order valence-electron chi connectivity index (χ4n) is 1.56. The van der Waals surface area contributed by atoms with E-state index in [1.807, 2.05) is 6.20 Å². The van der Waals surface area contributed by atoms with E-state index in [-0.39, 0.29) is 0 Å². The molecule has 0 amide bonds. The lowest BCUT2D eigenvalue weighted by Crippen LogP contribution is -2.24. The number of aromatic nitrogens is 1. The normalized spacial score (nSPS) is 13.0. The third-order valence-corrected chi connectivity index (χ3v) is 5.74. The van der Waals surface area contributed by atoms with Gasteiger partial charge in [-0.1, -0.05) is 27.7 Å². The monoisotopic (exact) mass is 247 g/mol. The van der Waals surface area contributed by atoms with Gasteiger partial charge in [-0.2, -0.15) is 0 Å². The zero-order chi connectivity index (χ0) is 12.5. The summed E-state index contributed by atoms with van der Waals surface area (Å²) in [5.41, 5.74) is 1.17. The van der Waals surface area contributed by atoms with Crippen LogP contribution in [0.1, 0.15) is 27.7 Å². The predicted molar refractivity (Wildman–Crippen MR) is 76.3 cm³/mol. The van der Waals surface area contributed by atoms with Gasteiger partial charge in [0.1, 0.15) is 5.75 Å². The van der Waals surface area contributed by atoms with Gasteiger partial charge >= 0.3 is 0 Å². The number of benzene rings is 1. The number of hydrogen-bond acceptors (Lipinski definition) is 1. The van der Waals surface area contributed by atoms with Crippen LogP contribution in [0.4, 0.5) is 0 Å². The highest BCUT2D eigenvalue weighted by Crippen LogP contribution is 2.33. The third kappa shape index (κ3) is 2.72. The molecule has 0 radical (unpaired) electrons. The third-order valence-electron chi connectivity index (χ3n) is 3.70. The number of fused-ring (bicyclic) bond motifs is 1. The van der Waals surface area contributed by atoms with Gasteiger partial charge in [0.05, 0.1) is 0 Å². The molecular weight excluding hydrogens is 226 g/mol. The number of aromatic amines is 1. The molecule has 1 heterocycles. The number of H-pyrrole nitrogens is 1. The smallest absolute Gasteiger partial charge is 0.225 e. The molecule has 0 atom stereocenters. The molecular formula is C14H21NOSi. The molecule has 0 aliphatic rings. The van der Waals surface area contributed by atoms with E-state index in [1.165, 1.54) is 10.9 Å². The Bertz CT molecular complexity index is 502. The van der Waals surface area contributed by atoms with E-state index in [1.54, 1.807) is 0 Å². The Morgan fingerprint density at radius 3 is 2.71 bits per heavy atom. The molecule has 2 aromatic rings. The molecule has 2 nitrogen and oxygen atoms in total. The Kier molecular flexibility index (Phi) is 3.29. The lowest BCUT2D eigenvalue weighted by molar-refractivity contribution is 0.428. The molecule has 92 valence electrons. The van der Waals surface area contributed by atoms with Crippen molar-refractivity contribution in [3.8, 4) is 5.75 Å². The van der Waals surface area contributed by atoms with Crippen LogP contribution in [0.3, 0.4) is 0 Å². The van der Waals surface area contributed by atoms with Crippen molar-refractivity contribution in [3.05, 3.63) is 30.5 Å². The summed E-state index contributed by atoms with van der Waals surface area (Å²) in [6, 6.07) is 8.34. The fraction of sp³-hybridized carbons (Fsp3) is 0.429. The van der Waals surface area contributed by atoms with E-state index in [2.05, 4.69) is 56.9 Å². The van der Waals surface area contributed by atoms with Gasteiger partial charge in [-0.25, -0.2) is 0 Å². The summed E-state index contributed by atoms with van der Waals surface area (Å²) in [7, 11) is -0.567. The van der Waals surface area contributed by atoms with Crippen LogP contribution in [0.25, 0.3) is 10.9 Å². The zero-order valence-electron chi connectivity index (χ0n) is 11.1. The van der Waals surface area contributed by atoms with Crippen molar-refractivity contribution in [2.75, 3.05) is 0 Å². The molecule has 0 saturated heterocycles. The zero-order valence-corrected chi connectivity index (χ0v) is 12.5. The van der Waals surface area contributed by atoms with Crippen molar-refractivity contribution in [3.63, 3.8) is 0 Å². The van der Waals surface area contributed by atoms with Crippen molar-refractivity contribution >= 4 is 20.7 Å². The molecule has 1 aromatic heterocycles. The average molecular weight is 247 g/mol. The average Bonchev–Trinajstić information content (AvgIpc) is 2.73. The van der Waals surface area contributed by atoms with Crippen molar-refractivity contribution in [1.82, 2.24) is 4.98 Å². The van der Waals surface area contributed by atoms with Gasteiger partial charge in [0, 0.05) is 17.1 Å². The Hall–Kier alpha value is -1.22. The van der Waals surface area contributed by atoms with E-state index in [4.69, 9.17) is 4.43 Å². The minimum absolute atomic E-state index is 0.340. The lowest BCUT2D eigenvalue weighted by Gasteiger charge is -2.28. The van der Waals surface area contributed by atoms with E-state index in [0.717, 1.165) is 5.75 Å². The van der Waals surface area contributed by atoms with Crippen LogP contribution in [0.2, 0.25) is 5.04 Å². The first kappa shape index (κ1) is 12.2. The summed E-state index contributed by atoms with van der Waals surface area (Å²) in [5.74, 6) is 1.68. The summed E-state index contributed by atoms with van der Waals surface area (Å²) in [5, 5.41) is 1.56. The first-order chi connectivity index (χ1) is 7.99. The van der Waals surface area contributed by atoms with E-state index >= 15 is 0 Å². The summed E-state index contributed by atoms with van der Waals surface area (Å²) >= 11 is 0. The van der Waals surface area contributed by atoms with E-state index in [0.29, 0.717) is 11.0 Å². The predicted octanol–water partition coefficient (Wildman–Crippen LogP) is 3.49. The molecule has 0 aliphatic heterocycles. The number of hydrogen-bond donors (Lipinski definition) is 1. The Morgan fingerprint density at radius 1 is 1.24 bits per heavy atom. The van der Waals surface area contributed by atoms with Crippen LogP contribution in [-0.2, 0) is 0 Å². The largest absolute Gasteiger partial charge is 0.549 e. The van der Waals surface area contributed by atoms with Crippen molar-refractivity contribution in [2.24, 2.45) is 5.92 Å². The summed E-state index contributed by atoms with van der Waals surface area (Å²) in [6.07, 6.45) is 1.96. The molecule has 2 rings (SSSR count). The summed E-state index contributed by atoms with van der Waals surface area (Å²) in [4.78, 5) is 3.19. The highest BCUT2D eigenvalue weighted by atomic mass is 28.2. The molecule has 0 unspecified atom stereocenters. The van der Waals surface area contributed by atoms with Gasteiger partial charge in [0.2, 0.25) is 9.76 Å². The Balaban J connectivity index is 2.08. The van der Waals surface area contributed by atoms with Crippen LogP contribution in [0, 0.1) is 5.92 Å². The summed E-state index contributed by atoms with van der Waals surface area (Å²) < 4.78 is 6.03. The first-order valence-electron chi connectivity index (χ1n) is 6.19. The van der Waals surface area contributed by atoms with Crippen molar-refractivity contribution in [1.29, 1.82) is 0 Å². The molecule has 3 heteroatoms. The molecule has 0 fully saturated rings. The van der Waals surface area contributed by atoms with Crippen LogP contribution in [0.5, 0.6) is 5.75 Å². The molecule has 1 N–H and O–H groups in total. The standard InChI is InChI=1S/C14H21NOSi/c1-10(2)14(3,4)17-16-12-5-6-13-11(9-12)7-8-15-13/h5-10,15H,17H2,1-4H3.